The third kappa shape index (κ3) is 6.01. The molecule has 162 valence electrons. The molecular weight excluding hydrogens is 392 g/mol. The van der Waals surface area contributed by atoms with Gasteiger partial charge in [0.1, 0.15) is 0 Å². The zero-order chi connectivity index (χ0) is 21.6. The molecule has 0 bridgehead atoms. The summed E-state index contributed by atoms with van der Waals surface area (Å²) in [6.45, 7) is 10.4. The number of carbonyl (C=O) groups excluding carboxylic acids is 2. The fraction of sp³-hybridized carbons (Fsp3) is 0.600. The normalized spacial score (nSPS) is 15.9. The zero-order valence-electron chi connectivity index (χ0n) is 17.8. The average Bonchev–Trinajstić information content (AvgIpc) is 2.68. The summed E-state index contributed by atoms with van der Waals surface area (Å²) in [5, 5.41) is 2.69. The molecule has 0 saturated carbocycles. The van der Waals surface area contributed by atoms with Gasteiger partial charge >= 0.3 is 0 Å². The number of rotatable bonds is 8. The number of amides is 2. The van der Waals surface area contributed by atoms with E-state index in [1.807, 2.05) is 38.7 Å². The van der Waals surface area contributed by atoms with Crippen LogP contribution in [0.15, 0.2) is 23.1 Å². The van der Waals surface area contributed by atoms with Gasteiger partial charge in [0.2, 0.25) is 21.8 Å². The molecule has 1 aliphatic heterocycles. The van der Waals surface area contributed by atoms with Crippen molar-refractivity contribution in [3.63, 3.8) is 0 Å². The number of hydrogen-bond acceptors (Lipinski definition) is 5. The van der Waals surface area contributed by atoms with Crippen LogP contribution in [-0.4, -0.2) is 86.7 Å². The minimum Gasteiger partial charge on any atom is -0.355 e. The fourth-order valence-corrected chi connectivity index (χ4v) is 4.75. The van der Waals surface area contributed by atoms with E-state index in [-0.39, 0.29) is 24.9 Å². The van der Waals surface area contributed by atoms with E-state index in [1.54, 1.807) is 12.1 Å². The van der Waals surface area contributed by atoms with Gasteiger partial charge in [0.15, 0.2) is 0 Å². The smallest absolute Gasteiger partial charge is 0.243 e. The molecule has 0 aliphatic carbocycles. The molecule has 9 heteroatoms. The van der Waals surface area contributed by atoms with Crippen molar-refractivity contribution in [2.75, 3.05) is 52.4 Å². The summed E-state index contributed by atoms with van der Waals surface area (Å²) in [5.74, 6) is -0.295. The van der Waals surface area contributed by atoms with Gasteiger partial charge in [-0.2, -0.15) is 4.31 Å². The standard InChI is InChI=1S/C20H32N4O4S/c1-5-21-19(25)14-23(6-2)20(26)15-22-9-11-24(12-10-22)29(27,28)18-8-7-16(3)17(4)13-18/h7-8,13H,5-6,9-12,14-15H2,1-4H3,(H,21,25). The van der Waals surface area contributed by atoms with Crippen LogP contribution in [0.2, 0.25) is 0 Å². The maximum absolute atomic E-state index is 12.9. The van der Waals surface area contributed by atoms with Crippen LogP contribution < -0.4 is 5.32 Å². The van der Waals surface area contributed by atoms with Gasteiger partial charge in [-0.15, -0.1) is 0 Å². The first-order valence-electron chi connectivity index (χ1n) is 10.0. The summed E-state index contributed by atoms with van der Waals surface area (Å²) in [7, 11) is -3.54. The van der Waals surface area contributed by atoms with Crippen LogP contribution in [0.5, 0.6) is 0 Å². The van der Waals surface area contributed by atoms with Crippen LogP contribution in [0.25, 0.3) is 0 Å². The summed E-state index contributed by atoms with van der Waals surface area (Å²) in [6.07, 6.45) is 0. The highest BCUT2D eigenvalue weighted by molar-refractivity contribution is 7.89. The lowest BCUT2D eigenvalue weighted by atomic mass is 10.1. The molecule has 29 heavy (non-hydrogen) atoms. The second-order valence-electron chi connectivity index (χ2n) is 7.29. The first-order valence-corrected chi connectivity index (χ1v) is 11.5. The van der Waals surface area contributed by atoms with Crippen molar-refractivity contribution in [1.29, 1.82) is 0 Å². The average molecular weight is 425 g/mol. The fourth-order valence-electron chi connectivity index (χ4n) is 3.25. The van der Waals surface area contributed by atoms with E-state index >= 15 is 0 Å². The Morgan fingerprint density at radius 1 is 1.07 bits per heavy atom. The van der Waals surface area contributed by atoms with Gasteiger partial charge in [-0.05, 0) is 51.0 Å². The molecule has 0 unspecified atom stereocenters. The molecule has 1 fully saturated rings. The number of aryl methyl sites for hydroxylation is 2. The third-order valence-corrected chi connectivity index (χ3v) is 7.14. The van der Waals surface area contributed by atoms with Crippen LogP contribution in [0.4, 0.5) is 0 Å². The molecule has 0 aromatic heterocycles. The highest BCUT2D eigenvalue weighted by Gasteiger charge is 2.30. The number of likely N-dealkylation sites (N-methyl/N-ethyl adjacent to an activating group) is 2. The number of carbonyl (C=O) groups is 2. The first kappa shape index (κ1) is 23.3. The van der Waals surface area contributed by atoms with E-state index in [1.165, 1.54) is 9.21 Å². The quantitative estimate of drug-likeness (QED) is 0.660. The van der Waals surface area contributed by atoms with Crippen molar-refractivity contribution < 1.29 is 18.0 Å². The lowest BCUT2D eigenvalue weighted by Crippen LogP contribution is -2.52. The summed E-state index contributed by atoms with van der Waals surface area (Å²) < 4.78 is 27.3. The van der Waals surface area contributed by atoms with Crippen LogP contribution >= 0.6 is 0 Å². The molecule has 0 radical (unpaired) electrons. The Hall–Kier alpha value is -1.97. The Labute approximate surface area is 173 Å². The van der Waals surface area contributed by atoms with E-state index in [0.29, 0.717) is 44.2 Å². The van der Waals surface area contributed by atoms with Gasteiger partial charge in [0.25, 0.3) is 0 Å². The van der Waals surface area contributed by atoms with Crippen LogP contribution in [0.3, 0.4) is 0 Å². The van der Waals surface area contributed by atoms with Crippen LogP contribution in [-0.2, 0) is 19.6 Å². The molecule has 1 heterocycles. The molecule has 8 nitrogen and oxygen atoms in total. The largest absolute Gasteiger partial charge is 0.355 e. The Morgan fingerprint density at radius 2 is 1.72 bits per heavy atom. The minimum atomic E-state index is -3.54. The van der Waals surface area contributed by atoms with Gasteiger partial charge in [-0.25, -0.2) is 8.42 Å². The summed E-state index contributed by atoms with van der Waals surface area (Å²) in [4.78, 5) is 28.0. The topological polar surface area (TPSA) is 90.0 Å². The zero-order valence-corrected chi connectivity index (χ0v) is 18.6. The molecule has 2 amide bonds. The molecule has 1 saturated heterocycles. The van der Waals surface area contributed by atoms with Crippen LogP contribution in [0, 0.1) is 13.8 Å². The molecule has 1 aromatic rings. The molecule has 2 rings (SSSR count). The third-order valence-electron chi connectivity index (χ3n) is 5.25. The monoisotopic (exact) mass is 424 g/mol. The number of nitrogens with zero attached hydrogens (tertiary/aromatic N) is 3. The van der Waals surface area contributed by atoms with Gasteiger partial charge in [-0.1, -0.05) is 6.07 Å². The lowest BCUT2D eigenvalue weighted by Gasteiger charge is -2.34. The van der Waals surface area contributed by atoms with E-state index in [9.17, 15) is 18.0 Å². The molecule has 1 aliphatic rings. The molecule has 0 atom stereocenters. The maximum Gasteiger partial charge on any atom is 0.243 e. The highest BCUT2D eigenvalue weighted by Crippen LogP contribution is 2.20. The van der Waals surface area contributed by atoms with Crippen molar-refractivity contribution in [2.24, 2.45) is 0 Å². The SMILES string of the molecule is CCNC(=O)CN(CC)C(=O)CN1CCN(S(=O)(=O)c2ccc(C)c(C)c2)CC1. The second-order valence-corrected chi connectivity index (χ2v) is 9.23. The van der Waals surface area contributed by atoms with Crippen molar-refractivity contribution in [3.05, 3.63) is 29.3 Å². The Balaban J connectivity index is 1.93. The summed E-state index contributed by atoms with van der Waals surface area (Å²) >= 11 is 0. The maximum atomic E-state index is 12.9. The van der Waals surface area contributed by atoms with Gasteiger partial charge < -0.3 is 10.2 Å². The molecular formula is C20H32N4O4S. The second kappa shape index (κ2) is 10.2. The summed E-state index contributed by atoms with van der Waals surface area (Å²) in [5.41, 5.74) is 2.00. The van der Waals surface area contributed by atoms with E-state index < -0.39 is 10.0 Å². The Morgan fingerprint density at radius 3 is 2.28 bits per heavy atom. The van der Waals surface area contributed by atoms with Crippen molar-refractivity contribution in [1.82, 2.24) is 19.4 Å². The number of nitrogens with one attached hydrogen (secondary N) is 1. The van der Waals surface area contributed by atoms with Gasteiger partial charge in [0.05, 0.1) is 18.0 Å². The van der Waals surface area contributed by atoms with Crippen molar-refractivity contribution in [2.45, 2.75) is 32.6 Å². The summed E-state index contributed by atoms with van der Waals surface area (Å²) in [6, 6.07) is 5.18. The van der Waals surface area contributed by atoms with E-state index in [0.717, 1.165) is 11.1 Å². The predicted octanol–water partition coefficient (Wildman–Crippen LogP) is 0.594. The minimum absolute atomic E-state index is 0.0459. The molecule has 1 N–H and O–H groups in total. The van der Waals surface area contributed by atoms with Crippen molar-refractivity contribution in [3.8, 4) is 0 Å². The van der Waals surface area contributed by atoms with Gasteiger partial charge in [0, 0.05) is 39.3 Å². The number of benzene rings is 1. The highest BCUT2D eigenvalue weighted by atomic mass is 32.2. The first-order chi connectivity index (χ1) is 13.7. The number of sulfonamides is 1. The Kier molecular flexibility index (Phi) is 8.18. The van der Waals surface area contributed by atoms with E-state index in [4.69, 9.17) is 0 Å². The number of hydrogen-bond donors (Lipinski definition) is 1. The predicted molar refractivity (Wildman–Crippen MR) is 112 cm³/mol. The van der Waals surface area contributed by atoms with E-state index in [2.05, 4.69) is 5.32 Å². The molecule has 0 spiro atoms. The molecule has 1 aromatic carbocycles. The Bertz CT molecular complexity index is 833. The van der Waals surface area contributed by atoms with Gasteiger partial charge in [-0.3, -0.25) is 14.5 Å². The van der Waals surface area contributed by atoms with Crippen LogP contribution in [0.1, 0.15) is 25.0 Å². The number of piperazine rings is 1. The lowest BCUT2D eigenvalue weighted by molar-refractivity contribution is -0.137. The van der Waals surface area contributed by atoms with Crippen molar-refractivity contribution >= 4 is 21.8 Å².